The molecule has 1 aromatic carbocycles. The Hall–Kier alpha value is -1.73. The monoisotopic (exact) mass is 268 g/mol. The molecule has 0 saturated carbocycles. The van der Waals surface area contributed by atoms with Gasteiger partial charge in [-0.25, -0.2) is 13.1 Å². The summed E-state index contributed by atoms with van der Waals surface area (Å²) in [6, 6.07) is 4.30. The lowest BCUT2D eigenvalue weighted by Crippen LogP contribution is -2.26. The van der Waals surface area contributed by atoms with Crippen molar-refractivity contribution in [1.29, 1.82) is 0 Å². The summed E-state index contributed by atoms with van der Waals surface area (Å²) >= 11 is 0. The van der Waals surface area contributed by atoms with Gasteiger partial charge < -0.3 is 5.32 Å². The Labute approximate surface area is 104 Å². The summed E-state index contributed by atoms with van der Waals surface area (Å²) < 4.78 is 26.4. The summed E-state index contributed by atoms with van der Waals surface area (Å²) in [4.78, 5) is 22.7. The zero-order valence-electron chi connectivity index (χ0n) is 9.69. The molecule has 0 aliphatic carbocycles. The van der Waals surface area contributed by atoms with Gasteiger partial charge in [0.2, 0.25) is 10.0 Å². The molecule has 0 bridgehead atoms. The molecule has 1 aliphatic rings. The number of nitrogens with one attached hydrogen (secondary N) is 2. The van der Waals surface area contributed by atoms with Crippen LogP contribution in [0.25, 0.3) is 0 Å². The molecule has 1 heterocycles. The molecule has 2 N–H and O–H groups in total. The predicted octanol–water partition coefficient (Wildman–Crippen LogP) is 0.510. The van der Waals surface area contributed by atoms with E-state index in [0.717, 1.165) is 0 Å². The highest BCUT2D eigenvalue weighted by Gasteiger charge is 2.34. The van der Waals surface area contributed by atoms with Gasteiger partial charge in [0, 0.05) is 6.54 Å². The summed E-state index contributed by atoms with van der Waals surface area (Å²) in [7, 11) is -3.77. The first-order valence-electron chi connectivity index (χ1n) is 5.45. The summed E-state index contributed by atoms with van der Waals surface area (Å²) in [6.45, 7) is 2.11. The number of benzene rings is 1. The molecule has 0 aromatic heterocycles. The lowest BCUT2D eigenvalue weighted by atomic mass is 10.1. The molecular weight excluding hydrogens is 256 g/mol. The highest BCUT2D eigenvalue weighted by molar-refractivity contribution is 7.89. The van der Waals surface area contributed by atoms with Gasteiger partial charge >= 0.3 is 0 Å². The largest absolute Gasteiger partial charge is 0.318 e. The Morgan fingerprint density at radius 3 is 2.67 bits per heavy atom. The maximum Gasteiger partial charge on any atom is 0.296 e. The highest BCUT2D eigenvalue weighted by Crippen LogP contribution is 2.29. The first kappa shape index (κ1) is 12.7. The van der Waals surface area contributed by atoms with Crippen LogP contribution in [0.1, 0.15) is 23.7 Å². The van der Waals surface area contributed by atoms with Gasteiger partial charge in [0.1, 0.15) is 0 Å². The van der Waals surface area contributed by atoms with Gasteiger partial charge in [0.15, 0.2) is 0 Å². The Morgan fingerprint density at radius 1 is 1.28 bits per heavy atom. The highest BCUT2D eigenvalue weighted by atomic mass is 32.2. The lowest BCUT2D eigenvalue weighted by molar-refractivity contribution is -0.112. The molecule has 0 fully saturated rings. The maximum absolute atomic E-state index is 12.0. The van der Waals surface area contributed by atoms with E-state index in [1.807, 2.05) is 6.92 Å². The molecule has 1 aliphatic heterocycles. The van der Waals surface area contributed by atoms with Crippen molar-refractivity contribution in [3.05, 3.63) is 23.8 Å². The number of rotatable bonds is 4. The van der Waals surface area contributed by atoms with E-state index < -0.39 is 21.7 Å². The van der Waals surface area contributed by atoms with Gasteiger partial charge in [-0.15, -0.1) is 0 Å². The maximum atomic E-state index is 12.0. The Balaban J connectivity index is 2.52. The molecule has 1 aromatic rings. The first-order valence-corrected chi connectivity index (χ1v) is 6.94. The minimum atomic E-state index is -3.77. The molecule has 96 valence electrons. The molecule has 0 saturated heterocycles. The molecule has 0 atom stereocenters. The zero-order chi connectivity index (χ0) is 13.3. The van der Waals surface area contributed by atoms with Crippen LogP contribution in [0.15, 0.2) is 23.1 Å². The van der Waals surface area contributed by atoms with E-state index in [0.29, 0.717) is 6.42 Å². The van der Waals surface area contributed by atoms with Crippen LogP contribution in [-0.2, 0) is 14.8 Å². The van der Waals surface area contributed by atoms with Gasteiger partial charge in [0.25, 0.3) is 11.7 Å². The summed E-state index contributed by atoms with van der Waals surface area (Å²) in [5, 5.41) is 2.34. The molecule has 1 amide bonds. The SMILES string of the molecule is CCCNS(=O)(=O)c1cccc2c1C(=O)C(=O)N2. The molecule has 0 radical (unpaired) electrons. The number of hydrogen-bond acceptors (Lipinski definition) is 4. The zero-order valence-corrected chi connectivity index (χ0v) is 10.5. The van der Waals surface area contributed by atoms with Gasteiger partial charge in [-0.1, -0.05) is 13.0 Å². The van der Waals surface area contributed by atoms with E-state index in [9.17, 15) is 18.0 Å². The number of amides is 1. The van der Waals surface area contributed by atoms with Crippen LogP contribution < -0.4 is 10.0 Å². The average Bonchev–Trinajstić information content (AvgIpc) is 2.63. The number of carbonyl (C=O) groups excluding carboxylic acids is 2. The van der Waals surface area contributed by atoms with Crippen molar-refractivity contribution >= 4 is 27.4 Å². The number of anilines is 1. The van der Waals surface area contributed by atoms with Crippen LogP contribution in [0.2, 0.25) is 0 Å². The summed E-state index contributed by atoms with van der Waals surface area (Å²) in [5.41, 5.74) is 0.162. The van der Waals surface area contributed by atoms with Crippen LogP contribution in [0.4, 0.5) is 5.69 Å². The lowest BCUT2D eigenvalue weighted by Gasteiger charge is -2.08. The number of carbonyl (C=O) groups is 2. The van der Waals surface area contributed by atoms with Crippen molar-refractivity contribution < 1.29 is 18.0 Å². The molecule has 2 rings (SSSR count). The number of sulfonamides is 1. The molecule has 18 heavy (non-hydrogen) atoms. The summed E-state index contributed by atoms with van der Waals surface area (Å²) in [6.07, 6.45) is 0.638. The molecular formula is C11H12N2O4S. The Morgan fingerprint density at radius 2 is 2.00 bits per heavy atom. The van der Waals surface area contributed by atoms with Gasteiger partial charge in [0.05, 0.1) is 16.1 Å². The van der Waals surface area contributed by atoms with Crippen LogP contribution in [0.3, 0.4) is 0 Å². The quantitative estimate of drug-likeness (QED) is 0.778. The van der Waals surface area contributed by atoms with E-state index in [1.54, 1.807) is 0 Å². The van der Waals surface area contributed by atoms with E-state index >= 15 is 0 Å². The van der Waals surface area contributed by atoms with Crippen molar-refractivity contribution in [2.75, 3.05) is 11.9 Å². The van der Waals surface area contributed by atoms with Crippen molar-refractivity contribution in [1.82, 2.24) is 4.72 Å². The van der Waals surface area contributed by atoms with Gasteiger partial charge in [-0.05, 0) is 18.6 Å². The summed E-state index contributed by atoms with van der Waals surface area (Å²) in [5.74, 6) is -1.62. The van der Waals surface area contributed by atoms with Crippen LogP contribution in [-0.4, -0.2) is 26.7 Å². The van der Waals surface area contributed by atoms with Crippen LogP contribution in [0.5, 0.6) is 0 Å². The molecule has 6 nitrogen and oxygen atoms in total. The second-order valence-corrected chi connectivity index (χ2v) is 5.60. The minimum absolute atomic E-state index is 0.0777. The third kappa shape index (κ3) is 2.02. The average molecular weight is 268 g/mol. The van der Waals surface area contributed by atoms with Crippen molar-refractivity contribution in [2.45, 2.75) is 18.2 Å². The standard InChI is InChI=1S/C11H12N2O4S/c1-2-6-12-18(16,17)8-5-3-4-7-9(8)10(14)11(15)13-7/h3-5,12H,2,6H2,1H3,(H,13,14,15). The fraction of sp³-hybridized carbons (Fsp3) is 0.273. The second-order valence-electron chi connectivity index (χ2n) is 3.86. The second kappa shape index (κ2) is 4.51. The van der Waals surface area contributed by atoms with Crippen molar-refractivity contribution in [3.63, 3.8) is 0 Å². The smallest absolute Gasteiger partial charge is 0.296 e. The first-order chi connectivity index (χ1) is 8.47. The van der Waals surface area contributed by atoms with Crippen LogP contribution in [0, 0.1) is 0 Å². The number of Topliss-reactive ketones (excluding diaryl/α,β-unsaturated/α-hetero) is 1. The van der Waals surface area contributed by atoms with Crippen molar-refractivity contribution in [3.8, 4) is 0 Å². The Bertz CT molecular complexity index is 622. The molecule has 0 spiro atoms. The Kier molecular flexibility index (Phi) is 3.18. The number of ketones is 1. The third-order valence-electron chi connectivity index (χ3n) is 2.54. The molecule has 7 heteroatoms. The van der Waals surface area contributed by atoms with E-state index in [2.05, 4.69) is 10.0 Å². The number of fused-ring (bicyclic) bond motifs is 1. The van der Waals surface area contributed by atoms with Crippen molar-refractivity contribution in [2.24, 2.45) is 0 Å². The van der Waals surface area contributed by atoms with E-state index in [-0.39, 0.29) is 22.7 Å². The van der Waals surface area contributed by atoms with Gasteiger partial charge in [-0.3, -0.25) is 9.59 Å². The predicted molar refractivity (Wildman–Crippen MR) is 64.9 cm³/mol. The number of hydrogen-bond donors (Lipinski definition) is 2. The van der Waals surface area contributed by atoms with E-state index in [4.69, 9.17) is 0 Å². The van der Waals surface area contributed by atoms with E-state index in [1.165, 1.54) is 18.2 Å². The molecule has 0 unspecified atom stereocenters. The topological polar surface area (TPSA) is 92.3 Å². The normalized spacial score (nSPS) is 14.5. The van der Waals surface area contributed by atoms with Crippen LogP contribution >= 0.6 is 0 Å². The minimum Gasteiger partial charge on any atom is -0.318 e. The fourth-order valence-corrected chi connectivity index (χ4v) is 3.06. The fourth-order valence-electron chi connectivity index (χ4n) is 1.70. The third-order valence-corrected chi connectivity index (χ3v) is 4.04. The van der Waals surface area contributed by atoms with Gasteiger partial charge in [-0.2, -0.15) is 0 Å².